The number of para-hydroxylation sites is 2. The van der Waals surface area contributed by atoms with Crippen LogP contribution in [0.1, 0.15) is 16.7 Å². The molecule has 0 spiro atoms. The van der Waals surface area contributed by atoms with Crippen molar-refractivity contribution < 1.29 is 23.5 Å². The third-order valence-electron chi connectivity index (χ3n) is 8.41. The van der Waals surface area contributed by atoms with E-state index < -0.39 is 29.6 Å². The highest BCUT2D eigenvalue weighted by molar-refractivity contribution is 6.43. The first-order chi connectivity index (χ1) is 24.0. The van der Waals surface area contributed by atoms with Crippen LogP contribution in [0.15, 0.2) is 145 Å². The van der Waals surface area contributed by atoms with Crippen molar-refractivity contribution in [1.29, 1.82) is 0 Å². The third-order valence-corrected chi connectivity index (χ3v) is 8.41. The van der Waals surface area contributed by atoms with Gasteiger partial charge in [-0.05, 0) is 77.7 Å². The number of carbonyl (C=O) groups excluding carboxylic acids is 3. The van der Waals surface area contributed by atoms with Crippen LogP contribution in [0.25, 0.3) is 10.9 Å². The number of rotatable bonds is 10. The summed E-state index contributed by atoms with van der Waals surface area (Å²) in [5, 5.41) is 0.963. The van der Waals surface area contributed by atoms with E-state index in [2.05, 4.69) is 4.98 Å². The molecule has 1 aliphatic heterocycles. The molecule has 7 rings (SSSR count). The second kappa shape index (κ2) is 13.8. The number of H-pyrrole nitrogens is 1. The van der Waals surface area contributed by atoms with E-state index in [1.165, 1.54) is 24.3 Å². The quantitative estimate of drug-likeness (QED) is 0.121. The molecule has 1 fully saturated rings. The summed E-state index contributed by atoms with van der Waals surface area (Å²) in [5.41, 5.74) is 4.14. The first kappa shape index (κ1) is 31.3. The molecule has 0 radical (unpaired) electrons. The fourth-order valence-corrected chi connectivity index (χ4v) is 5.98. The van der Waals surface area contributed by atoms with Crippen LogP contribution in [0.5, 0.6) is 5.75 Å². The maximum absolute atomic E-state index is 14.3. The number of hydrogen-bond acceptors (Lipinski definition) is 5. The van der Waals surface area contributed by atoms with Gasteiger partial charge in [-0.15, -0.1) is 0 Å². The molecule has 1 N–H and O–H groups in total. The molecular formula is C40H31FN4O4. The average molecular weight is 651 g/mol. The van der Waals surface area contributed by atoms with Crippen LogP contribution < -0.4 is 14.5 Å². The molecule has 8 nitrogen and oxygen atoms in total. The lowest BCUT2D eigenvalue weighted by Gasteiger charge is -2.37. The van der Waals surface area contributed by atoms with Gasteiger partial charge in [0.05, 0.1) is 17.1 Å². The lowest BCUT2D eigenvalue weighted by atomic mass is 9.91. The normalized spacial score (nSPS) is 14.1. The van der Waals surface area contributed by atoms with Crippen molar-refractivity contribution in [3.63, 3.8) is 0 Å². The zero-order valence-corrected chi connectivity index (χ0v) is 26.3. The van der Waals surface area contributed by atoms with E-state index in [1.54, 1.807) is 60.7 Å². The van der Waals surface area contributed by atoms with Gasteiger partial charge in [0.15, 0.2) is 5.92 Å². The molecule has 2 heterocycles. The Balaban J connectivity index is 1.23. The molecule has 1 aromatic heterocycles. The van der Waals surface area contributed by atoms with Gasteiger partial charge in [0.1, 0.15) is 18.2 Å². The summed E-state index contributed by atoms with van der Waals surface area (Å²) in [6.45, 7) is 0.639. The highest BCUT2D eigenvalue weighted by atomic mass is 19.1. The smallest absolute Gasteiger partial charge is 0.342 e. The second-order valence-electron chi connectivity index (χ2n) is 11.6. The molecule has 0 aliphatic carbocycles. The zero-order valence-electron chi connectivity index (χ0n) is 26.3. The van der Waals surface area contributed by atoms with Crippen molar-refractivity contribution in [3.8, 4) is 5.75 Å². The van der Waals surface area contributed by atoms with E-state index in [-0.39, 0.29) is 12.3 Å². The highest BCUT2D eigenvalue weighted by Crippen LogP contribution is 2.31. The number of urea groups is 1. The Bertz CT molecular complexity index is 2090. The Kier molecular flexibility index (Phi) is 8.80. The Labute approximate surface area is 282 Å². The van der Waals surface area contributed by atoms with Gasteiger partial charge < -0.3 is 9.72 Å². The zero-order chi connectivity index (χ0) is 33.7. The number of amides is 4. The van der Waals surface area contributed by atoms with E-state index in [0.29, 0.717) is 30.0 Å². The fraction of sp³-hybridized carbons (Fsp3) is 0.100. The summed E-state index contributed by atoms with van der Waals surface area (Å²) in [6, 6.07) is 37.4. The molecule has 0 unspecified atom stereocenters. The summed E-state index contributed by atoms with van der Waals surface area (Å²) in [5.74, 6) is -2.68. The number of hydrogen-bond donors (Lipinski definition) is 1. The number of imide groups is 2. The standard InChI is InChI=1S/C40H31FN4O4/c41-30-18-16-28(17-19-30)37(42-23-22-29-25-43-35-21-20-33(24-34(29)35)49-26-27-10-4-1-5-11-27)36-38(46)44(31-12-6-2-7-13-31)40(48)45(39(36)47)32-14-8-3-9-15-32/h1-21,24-25,36,43H,22-23,26H2. The van der Waals surface area contributed by atoms with Crippen molar-refractivity contribution in [2.24, 2.45) is 10.9 Å². The number of ether oxygens (including phenoxy) is 1. The largest absolute Gasteiger partial charge is 0.489 e. The van der Waals surface area contributed by atoms with Crippen molar-refractivity contribution in [2.45, 2.75) is 13.0 Å². The molecule has 242 valence electrons. The minimum Gasteiger partial charge on any atom is -0.489 e. The van der Waals surface area contributed by atoms with Gasteiger partial charge in [-0.2, -0.15) is 0 Å². The number of aromatic nitrogens is 1. The van der Waals surface area contributed by atoms with E-state index >= 15 is 0 Å². The SMILES string of the molecule is O=C1C(C(=NCCc2c[nH]c3ccc(OCc4ccccc4)cc23)c2ccc(F)cc2)C(=O)N(c2ccccc2)C(=O)N1c1ccccc1. The Morgan fingerprint density at radius 1 is 0.735 bits per heavy atom. The Morgan fingerprint density at radius 2 is 1.33 bits per heavy atom. The first-order valence-corrected chi connectivity index (χ1v) is 15.9. The van der Waals surface area contributed by atoms with E-state index in [0.717, 1.165) is 37.6 Å². The number of carbonyl (C=O) groups is 3. The minimum atomic E-state index is -1.47. The van der Waals surface area contributed by atoms with Crippen molar-refractivity contribution in [3.05, 3.63) is 162 Å². The van der Waals surface area contributed by atoms with Gasteiger partial charge in [0.25, 0.3) is 11.8 Å². The lowest BCUT2D eigenvalue weighted by molar-refractivity contribution is -0.129. The molecule has 5 aromatic carbocycles. The number of nitrogens with zero attached hydrogens (tertiary/aromatic N) is 3. The molecule has 4 amide bonds. The predicted octanol–water partition coefficient (Wildman–Crippen LogP) is 7.73. The van der Waals surface area contributed by atoms with Crippen LogP contribution in [0.2, 0.25) is 0 Å². The van der Waals surface area contributed by atoms with Crippen LogP contribution in [0.3, 0.4) is 0 Å². The summed E-state index contributed by atoms with van der Waals surface area (Å²) in [7, 11) is 0. The predicted molar refractivity (Wildman–Crippen MR) is 187 cm³/mol. The highest BCUT2D eigenvalue weighted by Gasteiger charge is 2.49. The number of aliphatic imine (C=N–C) groups is 1. The number of barbiturate groups is 1. The number of fused-ring (bicyclic) bond motifs is 1. The van der Waals surface area contributed by atoms with Crippen LogP contribution in [-0.2, 0) is 22.6 Å². The van der Waals surface area contributed by atoms with Gasteiger partial charge in [0, 0.05) is 23.6 Å². The molecule has 0 saturated carbocycles. The second-order valence-corrected chi connectivity index (χ2v) is 11.6. The monoisotopic (exact) mass is 650 g/mol. The first-order valence-electron chi connectivity index (χ1n) is 15.9. The van der Waals surface area contributed by atoms with Crippen LogP contribution >= 0.6 is 0 Å². The van der Waals surface area contributed by atoms with E-state index in [1.807, 2.05) is 54.7 Å². The summed E-state index contributed by atoms with van der Waals surface area (Å²) < 4.78 is 20.1. The van der Waals surface area contributed by atoms with Gasteiger partial charge in [-0.3, -0.25) is 14.6 Å². The number of anilines is 2. The summed E-state index contributed by atoms with van der Waals surface area (Å²) >= 11 is 0. The molecule has 1 saturated heterocycles. The maximum Gasteiger partial charge on any atom is 0.342 e. The lowest BCUT2D eigenvalue weighted by Crippen LogP contribution is -2.62. The maximum atomic E-state index is 14.3. The van der Waals surface area contributed by atoms with Crippen LogP contribution in [0, 0.1) is 11.7 Å². The topological polar surface area (TPSA) is 95.1 Å². The molecule has 0 atom stereocenters. The third kappa shape index (κ3) is 6.46. The van der Waals surface area contributed by atoms with Gasteiger partial charge in [0.2, 0.25) is 0 Å². The average Bonchev–Trinajstić information content (AvgIpc) is 3.54. The van der Waals surface area contributed by atoms with Crippen molar-refractivity contribution in [1.82, 2.24) is 4.98 Å². The van der Waals surface area contributed by atoms with Crippen LogP contribution in [0.4, 0.5) is 20.6 Å². The van der Waals surface area contributed by atoms with Crippen LogP contribution in [-0.4, -0.2) is 35.1 Å². The molecule has 49 heavy (non-hydrogen) atoms. The number of halogens is 1. The number of benzene rings is 5. The summed E-state index contributed by atoms with van der Waals surface area (Å²) in [6.07, 6.45) is 2.37. The number of nitrogens with one attached hydrogen (secondary N) is 1. The Hall–Kier alpha value is -6.35. The molecular weight excluding hydrogens is 619 g/mol. The van der Waals surface area contributed by atoms with E-state index in [4.69, 9.17) is 9.73 Å². The minimum absolute atomic E-state index is 0.149. The summed E-state index contributed by atoms with van der Waals surface area (Å²) in [4.78, 5) is 52.5. The molecule has 0 bridgehead atoms. The van der Waals surface area contributed by atoms with Gasteiger partial charge >= 0.3 is 6.03 Å². The fourth-order valence-electron chi connectivity index (χ4n) is 5.98. The van der Waals surface area contributed by atoms with Crippen molar-refractivity contribution >= 4 is 45.8 Å². The molecule has 9 heteroatoms. The van der Waals surface area contributed by atoms with Crippen molar-refractivity contribution in [2.75, 3.05) is 16.3 Å². The number of aromatic amines is 1. The van der Waals surface area contributed by atoms with Gasteiger partial charge in [-0.1, -0.05) is 78.9 Å². The van der Waals surface area contributed by atoms with E-state index in [9.17, 15) is 18.8 Å². The Morgan fingerprint density at radius 3 is 1.94 bits per heavy atom. The molecule has 1 aliphatic rings. The molecule has 6 aromatic rings. The van der Waals surface area contributed by atoms with Gasteiger partial charge in [-0.25, -0.2) is 19.0 Å².